The molecule has 1 spiro atoms. The van der Waals surface area contributed by atoms with E-state index < -0.39 is 23.1 Å². The molecule has 2 fully saturated rings. The summed E-state index contributed by atoms with van der Waals surface area (Å²) in [5.41, 5.74) is -1.61. The SMILES string of the molecule is CC12C=CC3(OO1)C(C)(C)CC[C@H](O)[C@]3(C)O2. The van der Waals surface area contributed by atoms with Gasteiger partial charge in [0.25, 0.3) is 0 Å². The number of aliphatic hydroxyl groups is 1. The molecule has 17 heavy (non-hydrogen) atoms. The third-order valence-corrected chi connectivity index (χ3v) is 4.80. The van der Waals surface area contributed by atoms with E-state index in [0.29, 0.717) is 0 Å². The Hall–Kier alpha value is -0.420. The molecule has 4 atom stereocenters. The lowest BCUT2D eigenvalue weighted by atomic mass is 9.56. The van der Waals surface area contributed by atoms with Crippen LogP contribution in [0.1, 0.15) is 40.5 Å². The summed E-state index contributed by atoms with van der Waals surface area (Å²) < 4.78 is 6.02. The molecule has 1 saturated carbocycles. The second kappa shape index (κ2) is 2.94. The second-order valence-electron chi connectivity index (χ2n) is 6.40. The van der Waals surface area contributed by atoms with Crippen molar-refractivity contribution < 1.29 is 19.6 Å². The largest absolute Gasteiger partial charge is 0.390 e. The zero-order valence-corrected chi connectivity index (χ0v) is 10.8. The molecule has 4 nitrogen and oxygen atoms in total. The predicted molar refractivity (Wildman–Crippen MR) is 61.0 cm³/mol. The van der Waals surface area contributed by atoms with Crippen molar-refractivity contribution >= 4 is 0 Å². The van der Waals surface area contributed by atoms with Crippen LogP contribution in [0.4, 0.5) is 0 Å². The fourth-order valence-corrected chi connectivity index (χ4v) is 3.55. The van der Waals surface area contributed by atoms with E-state index in [1.54, 1.807) is 6.92 Å². The maximum absolute atomic E-state index is 10.3. The topological polar surface area (TPSA) is 47.9 Å². The molecule has 1 saturated heterocycles. The van der Waals surface area contributed by atoms with Crippen molar-refractivity contribution in [2.24, 2.45) is 5.41 Å². The fraction of sp³-hybridized carbons (Fsp3) is 0.846. The quantitative estimate of drug-likeness (QED) is 0.519. The van der Waals surface area contributed by atoms with E-state index in [0.717, 1.165) is 12.8 Å². The molecule has 1 aliphatic carbocycles. The fourth-order valence-electron chi connectivity index (χ4n) is 3.55. The highest BCUT2D eigenvalue weighted by atomic mass is 17.3. The first-order valence-corrected chi connectivity index (χ1v) is 6.20. The molecule has 2 bridgehead atoms. The van der Waals surface area contributed by atoms with E-state index in [1.165, 1.54) is 0 Å². The maximum atomic E-state index is 10.3. The number of rotatable bonds is 0. The van der Waals surface area contributed by atoms with E-state index in [1.807, 2.05) is 19.1 Å². The van der Waals surface area contributed by atoms with Gasteiger partial charge in [0.05, 0.1) is 6.10 Å². The summed E-state index contributed by atoms with van der Waals surface area (Å²) in [6.07, 6.45) is 4.96. The molecule has 96 valence electrons. The average Bonchev–Trinajstić information content (AvgIpc) is 2.24. The van der Waals surface area contributed by atoms with Crippen molar-refractivity contribution in [2.45, 2.75) is 63.6 Å². The Kier molecular flexibility index (Phi) is 2.01. The molecule has 3 heterocycles. The van der Waals surface area contributed by atoms with E-state index in [-0.39, 0.29) is 5.41 Å². The monoisotopic (exact) mass is 240 g/mol. The first-order valence-electron chi connectivity index (χ1n) is 6.20. The van der Waals surface area contributed by atoms with Gasteiger partial charge in [0.2, 0.25) is 5.79 Å². The Morgan fingerprint density at radius 1 is 1.12 bits per heavy atom. The third kappa shape index (κ3) is 1.17. The summed E-state index contributed by atoms with van der Waals surface area (Å²) in [6, 6.07) is 0. The van der Waals surface area contributed by atoms with Gasteiger partial charge in [-0.15, -0.1) is 0 Å². The van der Waals surface area contributed by atoms with Gasteiger partial charge in [0.15, 0.2) is 5.60 Å². The zero-order chi connectivity index (χ0) is 12.5. The summed E-state index contributed by atoms with van der Waals surface area (Å²) in [5.74, 6) is -0.884. The predicted octanol–water partition coefficient (Wildman–Crippen LogP) is 1.93. The summed E-state index contributed by atoms with van der Waals surface area (Å²) in [5, 5.41) is 10.3. The number of hydrogen-bond donors (Lipinski definition) is 1. The van der Waals surface area contributed by atoms with Crippen LogP contribution >= 0.6 is 0 Å². The van der Waals surface area contributed by atoms with Gasteiger partial charge in [0, 0.05) is 5.41 Å². The van der Waals surface area contributed by atoms with Crippen LogP contribution in [0, 0.1) is 5.41 Å². The van der Waals surface area contributed by atoms with Crippen molar-refractivity contribution in [3.8, 4) is 0 Å². The molecule has 0 amide bonds. The smallest absolute Gasteiger partial charge is 0.218 e. The second-order valence-corrected chi connectivity index (χ2v) is 6.40. The Balaban J connectivity index is 2.18. The molecule has 3 aliphatic heterocycles. The standard InChI is InChI=1S/C13H20O4/c1-10(2)6-5-9(14)12(4)13(10)8-7-11(3,15-12)16-17-13/h7-9,14H,5-6H2,1-4H3/t9-,11?,12-,13?/m0/s1. The van der Waals surface area contributed by atoms with Crippen LogP contribution in [0.3, 0.4) is 0 Å². The van der Waals surface area contributed by atoms with Crippen molar-refractivity contribution in [3.63, 3.8) is 0 Å². The van der Waals surface area contributed by atoms with Gasteiger partial charge in [-0.25, -0.2) is 4.89 Å². The van der Waals surface area contributed by atoms with Crippen molar-refractivity contribution in [1.82, 2.24) is 0 Å². The van der Waals surface area contributed by atoms with Crippen LogP contribution in [-0.2, 0) is 14.5 Å². The highest BCUT2D eigenvalue weighted by Crippen LogP contribution is 2.60. The minimum Gasteiger partial charge on any atom is -0.390 e. The van der Waals surface area contributed by atoms with E-state index in [9.17, 15) is 5.11 Å². The molecular weight excluding hydrogens is 220 g/mol. The Bertz CT molecular complexity index is 391. The molecule has 2 unspecified atom stereocenters. The number of hydrogen-bond acceptors (Lipinski definition) is 4. The van der Waals surface area contributed by atoms with Crippen molar-refractivity contribution in [3.05, 3.63) is 12.2 Å². The molecule has 4 aliphatic rings. The van der Waals surface area contributed by atoms with E-state index in [2.05, 4.69) is 13.8 Å². The Morgan fingerprint density at radius 3 is 2.41 bits per heavy atom. The molecule has 0 radical (unpaired) electrons. The molecule has 0 aromatic heterocycles. The molecule has 0 aromatic rings. The molecule has 4 heteroatoms. The average molecular weight is 240 g/mol. The Morgan fingerprint density at radius 2 is 1.82 bits per heavy atom. The zero-order valence-electron chi connectivity index (χ0n) is 10.8. The van der Waals surface area contributed by atoms with Gasteiger partial charge in [-0.2, -0.15) is 4.89 Å². The first kappa shape index (κ1) is 11.7. The van der Waals surface area contributed by atoms with Gasteiger partial charge >= 0.3 is 0 Å². The summed E-state index contributed by atoms with van der Waals surface area (Å²) in [4.78, 5) is 11.0. The molecule has 1 N–H and O–H groups in total. The molecule has 0 aromatic carbocycles. The highest BCUT2D eigenvalue weighted by molar-refractivity contribution is 5.29. The minimum atomic E-state index is -0.884. The van der Waals surface area contributed by atoms with Crippen molar-refractivity contribution in [2.75, 3.05) is 0 Å². The summed E-state index contributed by atoms with van der Waals surface area (Å²) >= 11 is 0. The van der Waals surface area contributed by atoms with Gasteiger partial charge in [0.1, 0.15) is 5.60 Å². The van der Waals surface area contributed by atoms with Crippen molar-refractivity contribution in [1.29, 1.82) is 0 Å². The summed E-state index contributed by atoms with van der Waals surface area (Å²) in [6.45, 7) is 7.97. The number of aliphatic hydroxyl groups excluding tert-OH is 1. The van der Waals surface area contributed by atoms with Gasteiger partial charge in [-0.3, -0.25) is 0 Å². The molecular formula is C13H20O4. The first-order chi connectivity index (χ1) is 7.75. The molecule has 4 rings (SSSR count). The van der Waals surface area contributed by atoms with Crippen LogP contribution in [0.15, 0.2) is 12.2 Å². The number of ether oxygens (including phenoxy) is 1. The lowest BCUT2D eigenvalue weighted by molar-refractivity contribution is -0.555. The van der Waals surface area contributed by atoms with Gasteiger partial charge < -0.3 is 9.84 Å². The Labute approximate surface area is 101 Å². The van der Waals surface area contributed by atoms with Crippen LogP contribution in [0.5, 0.6) is 0 Å². The maximum Gasteiger partial charge on any atom is 0.218 e. The van der Waals surface area contributed by atoms with Gasteiger partial charge in [-0.1, -0.05) is 13.8 Å². The van der Waals surface area contributed by atoms with Crippen LogP contribution in [-0.4, -0.2) is 28.2 Å². The van der Waals surface area contributed by atoms with Crippen LogP contribution < -0.4 is 0 Å². The third-order valence-electron chi connectivity index (χ3n) is 4.80. The minimum absolute atomic E-state index is 0.140. The van der Waals surface area contributed by atoms with Crippen LogP contribution in [0.25, 0.3) is 0 Å². The number of fused-ring (bicyclic) bond motifs is 1. The van der Waals surface area contributed by atoms with Crippen LogP contribution in [0.2, 0.25) is 0 Å². The van der Waals surface area contributed by atoms with E-state index >= 15 is 0 Å². The lowest BCUT2D eigenvalue weighted by Gasteiger charge is -2.65. The normalized spacial score (nSPS) is 55.7. The lowest BCUT2D eigenvalue weighted by Crippen LogP contribution is -2.77. The highest BCUT2D eigenvalue weighted by Gasteiger charge is 2.71. The van der Waals surface area contributed by atoms with Gasteiger partial charge in [-0.05, 0) is 38.8 Å². The van der Waals surface area contributed by atoms with E-state index in [4.69, 9.17) is 14.5 Å². The summed E-state index contributed by atoms with van der Waals surface area (Å²) in [7, 11) is 0.